The van der Waals surface area contributed by atoms with Gasteiger partial charge in [0.1, 0.15) is 0 Å². The predicted molar refractivity (Wildman–Crippen MR) is 50.1 cm³/mol. The van der Waals surface area contributed by atoms with Crippen LogP contribution in [0.3, 0.4) is 0 Å². The molecular formula is C9H18N2O3. The standard InChI is InChI=1S/C9H18N2O3/c1-7(12)10-8(5-9(13)14)6-11(2,3)4/h8H,5-6H2,1-4H3,(H-,10,12,13,14)/t8-/m1/s1. The maximum Gasteiger partial charge on any atom is 0.217 e. The Bertz CT molecular complexity index is 205. The van der Waals surface area contributed by atoms with E-state index in [1.54, 1.807) is 0 Å². The number of amides is 1. The van der Waals surface area contributed by atoms with Crippen molar-refractivity contribution in [2.45, 2.75) is 19.4 Å². The van der Waals surface area contributed by atoms with Crippen LogP contribution in [-0.4, -0.2) is 50.1 Å². The van der Waals surface area contributed by atoms with Crippen LogP contribution >= 0.6 is 0 Å². The van der Waals surface area contributed by atoms with Gasteiger partial charge in [0, 0.05) is 19.3 Å². The number of carbonyl (C=O) groups is 2. The van der Waals surface area contributed by atoms with E-state index in [-0.39, 0.29) is 18.4 Å². The topological polar surface area (TPSA) is 69.2 Å². The Kier molecular flexibility index (Phi) is 4.56. The molecule has 82 valence electrons. The summed E-state index contributed by atoms with van der Waals surface area (Å²) in [6.45, 7) is 1.94. The minimum Gasteiger partial charge on any atom is -0.550 e. The van der Waals surface area contributed by atoms with Gasteiger partial charge in [-0.05, 0) is 0 Å². The molecule has 0 aliphatic carbocycles. The van der Waals surface area contributed by atoms with Crippen LogP contribution in [0, 0.1) is 0 Å². The highest BCUT2D eigenvalue weighted by Gasteiger charge is 2.18. The first-order valence-corrected chi connectivity index (χ1v) is 4.48. The molecule has 1 atom stereocenters. The van der Waals surface area contributed by atoms with E-state index in [0.717, 1.165) is 0 Å². The summed E-state index contributed by atoms with van der Waals surface area (Å²) in [7, 11) is 5.80. The van der Waals surface area contributed by atoms with Crippen molar-refractivity contribution in [3.63, 3.8) is 0 Å². The lowest BCUT2D eigenvalue weighted by atomic mass is 10.2. The van der Waals surface area contributed by atoms with Crippen molar-refractivity contribution in [2.75, 3.05) is 27.7 Å². The second-order valence-electron chi connectivity index (χ2n) is 4.45. The first-order chi connectivity index (χ1) is 6.20. The molecule has 0 aliphatic heterocycles. The van der Waals surface area contributed by atoms with Crippen LogP contribution < -0.4 is 10.4 Å². The van der Waals surface area contributed by atoms with Gasteiger partial charge in [0.2, 0.25) is 5.91 Å². The highest BCUT2D eigenvalue weighted by Crippen LogP contribution is 1.99. The number of aliphatic carboxylic acids is 1. The Balaban J connectivity index is 4.24. The van der Waals surface area contributed by atoms with Crippen molar-refractivity contribution in [1.29, 1.82) is 0 Å². The van der Waals surface area contributed by atoms with Crippen LogP contribution in [-0.2, 0) is 9.59 Å². The lowest BCUT2D eigenvalue weighted by molar-refractivity contribution is -0.871. The summed E-state index contributed by atoms with van der Waals surface area (Å²) in [5, 5.41) is 13.0. The van der Waals surface area contributed by atoms with E-state index in [0.29, 0.717) is 11.0 Å². The zero-order valence-electron chi connectivity index (χ0n) is 9.16. The van der Waals surface area contributed by atoms with Gasteiger partial charge in [-0.2, -0.15) is 0 Å². The molecule has 0 heterocycles. The minimum absolute atomic E-state index is 0.144. The Labute approximate surface area is 84.3 Å². The van der Waals surface area contributed by atoms with Gasteiger partial charge < -0.3 is 19.7 Å². The molecule has 0 saturated carbocycles. The van der Waals surface area contributed by atoms with Crippen LogP contribution in [0.1, 0.15) is 13.3 Å². The molecule has 0 aliphatic rings. The number of nitrogens with one attached hydrogen (secondary N) is 1. The van der Waals surface area contributed by atoms with Gasteiger partial charge in [-0.3, -0.25) is 4.79 Å². The second-order valence-corrected chi connectivity index (χ2v) is 4.45. The van der Waals surface area contributed by atoms with E-state index in [2.05, 4.69) is 5.32 Å². The molecule has 1 N–H and O–H groups in total. The SMILES string of the molecule is CC(=O)N[C@H](CC(=O)[O-])C[N+](C)(C)C. The van der Waals surface area contributed by atoms with Gasteiger partial charge in [-0.1, -0.05) is 0 Å². The zero-order valence-corrected chi connectivity index (χ0v) is 9.16. The molecule has 5 nitrogen and oxygen atoms in total. The maximum atomic E-state index is 10.8. The first-order valence-electron chi connectivity index (χ1n) is 4.48. The lowest BCUT2D eigenvalue weighted by Gasteiger charge is -2.29. The van der Waals surface area contributed by atoms with E-state index in [1.807, 2.05) is 21.1 Å². The van der Waals surface area contributed by atoms with Crippen molar-refractivity contribution in [3.05, 3.63) is 0 Å². The third-order valence-corrected chi connectivity index (χ3v) is 1.59. The molecule has 0 radical (unpaired) electrons. The Hall–Kier alpha value is -1.10. The van der Waals surface area contributed by atoms with Crippen LogP contribution in [0.25, 0.3) is 0 Å². The summed E-state index contributed by atoms with van der Waals surface area (Å²) in [5.41, 5.74) is 0. The van der Waals surface area contributed by atoms with Crippen LogP contribution in [0.2, 0.25) is 0 Å². The summed E-state index contributed by atoms with van der Waals surface area (Å²) in [4.78, 5) is 21.2. The van der Waals surface area contributed by atoms with E-state index >= 15 is 0 Å². The molecule has 5 heteroatoms. The first kappa shape index (κ1) is 12.9. The quantitative estimate of drug-likeness (QED) is 0.542. The number of quaternary nitrogens is 1. The average Bonchev–Trinajstić information content (AvgIpc) is 1.77. The molecule has 0 rings (SSSR count). The molecule has 0 spiro atoms. The third kappa shape index (κ3) is 7.54. The van der Waals surface area contributed by atoms with Crippen LogP contribution in [0.5, 0.6) is 0 Å². The number of hydrogen-bond acceptors (Lipinski definition) is 3. The number of nitrogens with zero attached hydrogens (tertiary/aromatic N) is 1. The fourth-order valence-electron chi connectivity index (χ4n) is 1.31. The van der Waals surface area contributed by atoms with Gasteiger partial charge in [-0.15, -0.1) is 0 Å². The van der Waals surface area contributed by atoms with Gasteiger partial charge in [-0.25, -0.2) is 0 Å². The normalized spacial score (nSPS) is 13.4. The molecule has 0 bridgehead atoms. The summed E-state index contributed by atoms with van der Waals surface area (Å²) in [6.07, 6.45) is -0.144. The molecule has 0 fully saturated rings. The van der Waals surface area contributed by atoms with Crippen molar-refractivity contribution >= 4 is 11.9 Å². The summed E-state index contributed by atoms with van der Waals surface area (Å²) in [6, 6.07) is -0.363. The summed E-state index contributed by atoms with van der Waals surface area (Å²) < 4.78 is 0.595. The van der Waals surface area contributed by atoms with E-state index in [9.17, 15) is 14.7 Å². The fraction of sp³-hybridized carbons (Fsp3) is 0.778. The number of rotatable bonds is 5. The van der Waals surface area contributed by atoms with Crippen LogP contribution in [0.4, 0.5) is 0 Å². The van der Waals surface area contributed by atoms with Crippen molar-refractivity contribution in [3.8, 4) is 0 Å². The molecule has 0 aromatic rings. The highest BCUT2D eigenvalue weighted by molar-refractivity contribution is 5.74. The molecular weight excluding hydrogens is 184 g/mol. The summed E-state index contributed by atoms with van der Waals surface area (Å²) in [5.74, 6) is -1.36. The molecule has 1 amide bonds. The number of carboxylic acids is 1. The van der Waals surface area contributed by atoms with E-state index in [4.69, 9.17) is 0 Å². The number of carboxylic acid groups (broad SMARTS) is 1. The Morgan fingerprint density at radius 3 is 2.14 bits per heavy atom. The fourth-order valence-corrected chi connectivity index (χ4v) is 1.31. The average molecular weight is 202 g/mol. The van der Waals surface area contributed by atoms with Crippen molar-refractivity contribution in [2.24, 2.45) is 0 Å². The monoisotopic (exact) mass is 202 g/mol. The zero-order chi connectivity index (χ0) is 11.4. The minimum atomic E-state index is -1.14. The molecule has 0 aromatic heterocycles. The van der Waals surface area contributed by atoms with Crippen molar-refractivity contribution < 1.29 is 19.2 Å². The van der Waals surface area contributed by atoms with E-state index in [1.165, 1.54) is 6.92 Å². The molecule has 14 heavy (non-hydrogen) atoms. The number of likely N-dealkylation sites (N-methyl/N-ethyl adjacent to an activating group) is 1. The number of hydrogen-bond donors (Lipinski definition) is 1. The Morgan fingerprint density at radius 2 is 1.86 bits per heavy atom. The van der Waals surface area contributed by atoms with Gasteiger partial charge in [0.15, 0.2) is 0 Å². The van der Waals surface area contributed by atoms with Crippen molar-refractivity contribution in [1.82, 2.24) is 5.32 Å². The van der Waals surface area contributed by atoms with Gasteiger partial charge in [0.05, 0.1) is 33.7 Å². The van der Waals surface area contributed by atoms with Gasteiger partial charge >= 0.3 is 0 Å². The summed E-state index contributed by atoms with van der Waals surface area (Å²) >= 11 is 0. The molecule has 0 aromatic carbocycles. The van der Waals surface area contributed by atoms with E-state index < -0.39 is 5.97 Å². The van der Waals surface area contributed by atoms with Gasteiger partial charge in [0.25, 0.3) is 0 Å². The molecule has 0 saturated heterocycles. The smallest absolute Gasteiger partial charge is 0.217 e. The largest absolute Gasteiger partial charge is 0.550 e. The highest BCUT2D eigenvalue weighted by atomic mass is 16.4. The lowest BCUT2D eigenvalue weighted by Crippen LogP contribution is -2.50. The third-order valence-electron chi connectivity index (χ3n) is 1.59. The number of carbonyl (C=O) groups excluding carboxylic acids is 2. The van der Waals surface area contributed by atoms with Crippen LogP contribution in [0.15, 0.2) is 0 Å². The predicted octanol–water partition coefficient (Wildman–Crippen LogP) is -1.66. The molecule has 0 unspecified atom stereocenters. The second kappa shape index (κ2) is 4.95. The maximum absolute atomic E-state index is 10.8. The Morgan fingerprint density at radius 1 is 1.36 bits per heavy atom.